The number of hydrogen-bond donors (Lipinski definition) is 1. The normalized spacial score (nSPS) is 8.77. The van der Waals surface area contributed by atoms with Crippen molar-refractivity contribution >= 4 is 18.4 Å². The van der Waals surface area contributed by atoms with Crippen LogP contribution in [-0.4, -0.2) is 23.2 Å². The number of halogens is 1. The molecule has 0 atom stereocenters. The number of ether oxygens (including phenoxy) is 1. The highest BCUT2D eigenvalue weighted by Crippen LogP contribution is 2.20. The van der Waals surface area contributed by atoms with Crippen LogP contribution >= 0.6 is 12.4 Å². The van der Waals surface area contributed by atoms with Crippen molar-refractivity contribution in [2.75, 3.05) is 7.11 Å². The maximum atomic E-state index is 10.6. The van der Waals surface area contributed by atoms with E-state index in [0.717, 1.165) is 0 Å². The summed E-state index contributed by atoms with van der Waals surface area (Å²) in [5.74, 6) is -0.678. The molecule has 0 aliphatic rings. The first kappa shape index (κ1) is 11.7. The molecule has 1 N–H and O–H groups in total. The maximum absolute atomic E-state index is 10.6. The van der Waals surface area contributed by atoms with Crippen LogP contribution in [0.2, 0.25) is 0 Å². The summed E-state index contributed by atoms with van der Waals surface area (Å²) in [7, 11) is 1.43. The van der Waals surface area contributed by atoms with E-state index in [-0.39, 0.29) is 18.0 Å². The molecule has 0 aliphatic carbocycles. The predicted octanol–water partition coefficient (Wildman–Crippen LogP) is 1.52. The van der Waals surface area contributed by atoms with Crippen molar-refractivity contribution < 1.29 is 14.6 Å². The molecule has 1 rings (SSSR count). The van der Waals surface area contributed by atoms with Gasteiger partial charge in [0, 0.05) is 6.20 Å². The highest BCUT2D eigenvalue weighted by Gasteiger charge is 2.12. The number of aryl methyl sites for hydroxylation is 1. The smallest absolute Gasteiger partial charge is 0.339 e. The van der Waals surface area contributed by atoms with Crippen LogP contribution < -0.4 is 4.74 Å². The zero-order valence-electron chi connectivity index (χ0n) is 7.27. The first-order chi connectivity index (χ1) is 5.66. The minimum atomic E-state index is -1.00. The fourth-order valence-corrected chi connectivity index (χ4v) is 0.979. The van der Waals surface area contributed by atoms with Crippen molar-refractivity contribution in [1.82, 2.24) is 4.98 Å². The molecule has 0 bridgehead atoms. The van der Waals surface area contributed by atoms with E-state index in [0.29, 0.717) is 11.4 Å². The molecule has 0 spiro atoms. The van der Waals surface area contributed by atoms with Gasteiger partial charge < -0.3 is 9.84 Å². The lowest BCUT2D eigenvalue weighted by Gasteiger charge is -2.05. The molecule has 1 aromatic rings. The fraction of sp³-hybridized carbons (Fsp3) is 0.250. The Labute approximate surface area is 82.0 Å². The van der Waals surface area contributed by atoms with Gasteiger partial charge >= 0.3 is 5.97 Å². The van der Waals surface area contributed by atoms with Crippen LogP contribution in [0.5, 0.6) is 5.75 Å². The molecule has 5 heteroatoms. The minimum absolute atomic E-state index is 0. The molecule has 0 aromatic carbocycles. The molecule has 4 nitrogen and oxygen atoms in total. The number of pyridine rings is 1. The molecular weight excluding hydrogens is 194 g/mol. The summed E-state index contributed by atoms with van der Waals surface area (Å²) in [6, 6.07) is 1.41. The fourth-order valence-electron chi connectivity index (χ4n) is 0.979. The van der Waals surface area contributed by atoms with Gasteiger partial charge in [-0.3, -0.25) is 4.98 Å². The van der Waals surface area contributed by atoms with Crippen LogP contribution in [0.25, 0.3) is 0 Å². The highest BCUT2D eigenvalue weighted by atomic mass is 35.5. The topological polar surface area (TPSA) is 59.4 Å². The van der Waals surface area contributed by atoms with E-state index in [1.54, 1.807) is 6.92 Å². The molecule has 0 unspecified atom stereocenters. The van der Waals surface area contributed by atoms with Gasteiger partial charge in [0.25, 0.3) is 0 Å². The van der Waals surface area contributed by atoms with Crippen molar-refractivity contribution in [1.29, 1.82) is 0 Å². The lowest BCUT2D eigenvalue weighted by atomic mass is 10.2. The van der Waals surface area contributed by atoms with Gasteiger partial charge in [0.05, 0.1) is 12.8 Å². The molecule has 0 saturated heterocycles. The number of rotatable bonds is 2. The Bertz CT molecular complexity index is 314. The van der Waals surface area contributed by atoms with Crippen molar-refractivity contribution in [3.05, 3.63) is 23.5 Å². The van der Waals surface area contributed by atoms with E-state index >= 15 is 0 Å². The Balaban J connectivity index is 0.00000144. The Hall–Kier alpha value is -1.29. The Morgan fingerprint density at radius 2 is 2.23 bits per heavy atom. The molecule has 0 fully saturated rings. The van der Waals surface area contributed by atoms with E-state index in [1.807, 2.05) is 0 Å². The second-order valence-electron chi connectivity index (χ2n) is 2.28. The van der Waals surface area contributed by atoms with E-state index in [4.69, 9.17) is 9.84 Å². The first-order valence-electron chi connectivity index (χ1n) is 3.39. The zero-order chi connectivity index (χ0) is 9.14. The Morgan fingerprint density at radius 1 is 1.62 bits per heavy atom. The number of methoxy groups -OCH3 is 1. The average Bonchev–Trinajstić information content (AvgIpc) is 2.03. The predicted molar refractivity (Wildman–Crippen MR) is 49.7 cm³/mol. The molecule has 1 heterocycles. The number of carboxylic acids is 1. The number of aromatic carboxylic acids is 1. The number of aromatic nitrogens is 1. The van der Waals surface area contributed by atoms with Gasteiger partial charge in [-0.2, -0.15) is 0 Å². The molecule has 0 amide bonds. The summed E-state index contributed by atoms with van der Waals surface area (Å²) in [5, 5.41) is 8.71. The number of carboxylic acid groups (broad SMARTS) is 1. The summed E-state index contributed by atoms with van der Waals surface area (Å²) in [5.41, 5.74) is 0.724. The average molecular weight is 204 g/mol. The summed E-state index contributed by atoms with van der Waals surface area (Å²) < 4.78 is 4.89. The van der Waals surface area contributed by atoms with Crippen LogP contribution in [0.4, 0.5) is 0 Å². The SMILES string of the molecule is COc1c(C(=O)O)ccnc1C.Cl. The Morgan fingerprint density at radius 3 is 2.62 bits per heavy atom. The summed E-state index contributed by atoms with van der Waals surface area (Å²) >= 11 is 0. The minimum Gasteiger partial charge on any atom is -0.494 e. The van der Waals surface area contributed by atoms with E-state index < -0.39 is 5.97 Å². The lowest BCUT2D eigenvalue weighted by Crippen LogP contribution is -2.02. The monoisotopic (exact) mass is 203 g/mol. The van der Waals surface area contributed by atoms with Gasteiger partial charge in [-0.15, -0.1) is 12.4 Å². The van der Waals surface area contributed by atoms with Gasteiger partial charge in [-0.05, 0) is 13.0 Å². The number of carbonyl (C=O) groups is 1. The quantitative estimate of drug-likeness (QED) is 0.792. The van der Waals surface area contributed by atoms with Crippen molar-refractivity contribution in [3.8, 4) is 5.75 Å². The van der Waals surface area contributed by atoms with Crippen LogP contribution in [0, 0.1) is 6.92 Å². The first-order valence-corrected chi connectivity index (χ1v) is 3.39. The third kappa shape index (κ3) is 2.32. The number of nitrogens with zero attached hydrogens (tertiary/aromatic N) is 1. The highest BCUT2D eigenvalue weighted by molar-refractivity contribution is 5.91. The molecule has 72 valence electrons. The molecule has 0 aliphatic heterocycles. The molecule has 0 radical (unpaired) electrons. The zero-order valence-corrected chi connectivity index (χ0v) is 8.09. The summed E-state index contributed by atoms with van der Waals surface area (Å²) in [4.78, 5) is 14.5. The van der Waals surface area contributed by atoms with Crippen molar-refractivity contribution in [2.24, 2.45) is 0 Å². The maximum Gasteiger partial charge on any atom is 0.339 e. The van der Waals surface area contributed by atoms with E-state index in [2.05, 4.69) is 4.98 Å². The van der Waals surface area contributed by atoms with Crippen molar-refractivity contribution in [3.63, 3.8) is 0 Å². The number of hydrogen-bond acceptors (Lipinski definition) is 3. The van der Waals surface area contributed by atoms with Gasteiger partial charge in [0.2, 0.25) is 0 Å². The molecule has 13 heavy (non-hydrogen) atoms. The van der Waals surface area contributed by atoms with Crippen LogP contribution in [0.1, 0.15) is 16.1 Å². The standard InChI is InChI=1S/C8H9NO3.ClH/c1-5-7(12-2)6(8(10)11)3-4-9-5;/h3-4H,1-2H3,(H,10,11);1H. The largest absolute Gasteiger partial charge is 0.494 e. The van der Waals surface area contributed by atoms with Crippen molar-refractivity contribution in [2.45, 2.75) is 6.92 Å². The summed E-state index contributed by atoms with van der Waals surface area (Å²) in [6.07, 6.45) is 1.45. The second kappa shape index (κ2) is 4.67. The molecular formula is C8H10ClNO3. The van der Waals surface area contributed by atoms with Crippen LogP contribution in [0.3, 0.4) is 0 Å². The third-order valence-corrected chi connectivity index (χ3v) is 1.52. The second-order valence-corrected chi connectivity index (χ2v) is 2.28. The van der Waals surface area contributed by atoms with Gasteiger partial charge in [-0.1, -0.05) is 0 Å². The molecule has 0 saturated carbocycles. The lowest BCUT2D eigenvalue weighted by molar-refractivity contribution is 0.0693. The van der Waals surface area contributed by atoms with E-state index in [9.17, 15) is 4.79 Å². The Kier molecular flexibility index (Phi) is 4.20. The van der Waals surface area contributed by atoms with Gasteiger partial charge in [-0.25, -0.2) is 4.79 Å². The molecule has 1 aromatic heterocycles. The van der Waals surface area contributed by atoms with Crippen LogP contribution in [-0.2, 0) is 0 Å². The third-order valence-electron chi connectivity index (χ3n) is 1.52. The van der Waals surface area contributed by atoms with E-state index in [1.165, 1.54) is 19.4 Å². The summed E-state index contributed by atoms with van der Waals surface area (Å²) in [6.45, 7) is 1.70. The van der Waals surface area contributed by atoms with Crippen LogP contribution in [0.15, 0.2) is 12.3 Å². The van der Waals surface area contributed by atoms with Gasteiger partial charge in [0.1, 0.15) is 5.56 Å². The van der Waals surface area contributed by atoms with Gasteiger partial charge in [0.15, 0.2) is 5.75 Å².